The van der Waals surface area contributed by atoms with Gasteiger partial charge in [-0.05, 0) is 19.8 Å². The van der Waals surface area contributed by atoms with Gasteiger partial charge in [-0.25, -0.2) is 4.99 Å². The maximum absolute atomic E-state index is 5.17. The third kappa shape index (κ3) is 2.25. The number of hydrogen-bond donors (Lipinski definition) is 0. The van der Waals surface area contributed by atoms with E-state index in [0.29, 0.717) is 12.7 Å². The van der Waals surface area contributed by atoms with Gasteiger partial charge in [0.15, 0.2) is 0 Å². The molecule has 0 amide bonds. The second-order valence-corrected chi connectivity index (χ2v) is 2.14. The summed E-state index contributed by atoms with van der Waals surface area (Å²) in [6, 6.07) is 0. The fourth-order valence-electron chi connectivity index (χ4n) is 0.800. The van der Waals surface area contributed by atoms with Crippen LogP contribution in [0.3, 0.4) is 0 Å². The van der Waals surface area contributed by atoms with E-state index in [1.807, 2.05) is 6.92 Å². The van der Waals surface area contributed by atoms with Gasteiger partial charge in [0, 0.05) is 6.54 Å². The Morgan fingerprint density at radius 1 is 1.60 bits per heavy atom. The minimum Gasteiger partial charge on any atom is -0.451 e. The lowest BCUT2D eigenvalue weighted by Crippen LogP contribution is -2.08. The van der Waals surface area contributed by atoms with Crippen LogP contribution in [0, 0.1) is 0 Å². The van der Waals surface area contributed by atoms with E-state index in [1.54, 1.807) is 0 Å². The van der Waals surface area contributed by atoms with Gasteiger partial charge in [-0.1, -0.05) is 0 Å². The summed E-state index contributed by atoms with van der Waals surface area (Å²) >= 11 is 0. The summed E-state index contributed by atoms with van der Waals surface area (Å²) in [7, 11) is 0. The molecule has 1 aliphatic rings. The molecule has 0 aliphatic carbocycles. The molecule has 0 fully saturated rings. The van der Waals surface area contributed by atoms with E-state index in [0.717, 1.165) is 26.0 Å². The molecule has 0 unspecified atom stereocenters. The van der Waals surface area contributed by atoms with Crippen LogP contribution in [0.4, 0.5) is 0 Å². The smallest absolute Gasteiger partial charge is 0.383 e. The molecular formula is C7H13NO2. The maximum atomic E-state index is 5.17. The van der Waals surface area contributed by atoms with E-state index in [-0.39, 0.29) is 0 Å². The molecule has 0 saturated carbocycles. The van der Waals surface area contributed by atoms with Gasteiger partial charge < -0.3 is 9.47 Å². The minimum atomic E-state index is 0.472. The largest absolute Gasteiger partial charge is 0.451 e. The molecule has 0 bridgehead atoms. The Kier molecular flexibility index (Phi) is 3.06. The lowest BCUT2D eigenvalue weighted by atomic mass is 10.3. The van der Waals surface area contributed by atoms with Gasteiger partial charge >= 0.3 is 6.08 Å². The minimum absolute atomic E-state index is 0.472. The monoisotopic (exact) mass is 143 g/mol. The zero-order valence-corrected chi connectivity index (χ0v) is 6.30. The van der Waals surface area contributed by atoms with Crippen LogP contribution in [-0.2, 0) is 9.47 Å². The highest BCUT2D eigenvalue weighted by atomic mass is 16.7. The first-order chi connectivity index (χ1) is 4.93. The van der Waals surface area contributed by atoms with E-state index in [4.69, 9.17) is 9.47 Å². The van der Waals surface area contributed by atoms with Crippen LogP contribution in [0.5, 0.6) is 0 Å². The Balaban J connectivity index is 2.31. The second kappa shape index (κ2) is 4.14. The van der Waals surface area contributed by atoms with E-state index in [1.165, 1.54) is 0 Å². The molecule has 0 saturated heterocycles. The molecule has 0 atom stereocenters. The van der Waals surface area contributed by atoms with Gasteiger partial charge in [0.05, 0.1) is 13.2 Å². The topological polar surface area (TPSA) is 30.8 Å². The van der Waals surface area contributed by atoms with E-state index < -0.39 is 0 Å². The molecule has 1 rings (SSSR count). The van der Waals surface area contributed by atoms with Gasteiger partial charge in [0.2, 0.25) is 0 Å². The molecule has 1 heterocycles. The van der Waals surface area contributed by atoms with Crippen molar-refractivity contribution in [1.29, 1.82) is 0 Å². The molecule has 10 heavy (non-hydrogen) atoms. The van der Waals surface area contributed by atoms with Gasteiger partial charge in [-0.2, -0.15) is 0 Å². The van der Waals surface area contributed by atoms with Crippen molar-refractivity contribution < 1.29 is 9.47 Å². The molecule has 0 radical (unpaired) electrons. The second-order valence-electron chi connectivity index (χ2n) is 2.14. The summed E-state index contributed by atoms with van der Waals surface area (Å²) < 4.78 is 10.3. The predicted molar refractivity (Wildman–Crippen MR) is 39.1 cm³/mol. The SMILES string of the molecule is CCOC1=NCCCCO1. The summed E-state index contributed by atoms with van der Waals surface area (Å²) in [6.45, 7) is 4.16. The molecule has 0 spiro atoms. The first-order valence-corrected chi connectivity index (χ1v) is 3.73. The highest BCUT2D eigenvalue weighted by Crippen LogP contribution is 1.99. The van der Waals surface area contributed by atoms with Crippen molar-refractivity contribution in [2.45, 2.75) is 19.8 Å². The molecule has 0 aromatic rings. The summed E-state index contributed by atoms with van der Waals surface area (Å²) in [5, 5.41) is 0. The Bertz CT molecular complexity index is 123. The van der Waals surface area contributed by atoms with Crippen molar-refractivity contribution in [1.82, 2.24) is 0 Å². The molecule has 3 nitrogen and oxygen atoms in total. The maximum Gasteiger partial charge on any atom is 0.383 e. The third-order valence-electron chi connectivity index (χ3n) is 1.29. The quantitative estimate of drug-likeness (QED) is 0.552. The van der Waals surface area contributed by atoms with Crippen LogP contribution in [0.25, 0.3) is 0 Å². The highest BCUT2D eigenvalue weighted by molar-refractivity contribution is 5.66. The zero-order chi connectivity index (χ0) is 7.23. The van der Waals surface area contributed by atoms with Crippen molar-refractivity contribution in [3.05, 3.63) is 0 Å². The van der Waals surface area contributed by atoms with Crippen LogP contribution in [-0.4, -0.2) is 25.8 Å². The number of nitrogens with zero attached hydrogens (tertiary/aromatic N) is 1. The van der Waals surface area contributed by atoms with Crippen LogP contribution in [0.1, 0.15) is 19.8 Å². The molecule has 0 aromatic heterocycles. The summed E-state index contributed by atoms with van der Waals surface area (Å²) in [4.78, 5) is 4.09. The first-order valence-electron chi connectivity index (χ1n) is 3.73. The molecule has 0 N–H and O–H groups in total. The molecule has 0 aromatic carbocycles. The lowest BCUT2D eigenvalue weighted by molar-refractivity contribution is 0.175. The Labute approximate surface area is 61.0 Å². The van der Waals surface area contributed by atoms with E-state index in [2.05, 4.69) is 4.99 Å². The Hall–Kier alpha value is -0.730. The average Bonchev–Trinajstić information content (AvgIpc) is 2.17. The normalized spacial score (nSPS) is 18.7. The fourth-order valence-corrected chi connectivity index (χ4v) is 0.800. The molecule has 3 heteroatoms. The summed E-state index contributed by atoms with van der Waals surface area (Å²) in [5.41, 5.74) is 0. The van der Waals surface area contributed by atoms with Crippen LogP contribution < -0.4 is 0 Å². The molecule has 58 valence electrons. The Morgan fingerprint density at radius 2 is 2.50 bits per heavy atom. The van der Waals surface area contributed by atoms with Crippen molar-refractivity contribution in [2.24, 2.45) is 4.99 Å². The van der Waals surface area contributed by atoms with Crippen LogP contribution >= 0.6 is 0 Å². The van der Waals surface area contributed by atoms with E-state index >= 15 is 0 Å². The third-order valence-corrected chi connectivity index (χ3v) is 1.29. The van der Waals surface area contributed by atoms with Crippen LogP contribution in [0.2, 0.25) is 0 Å². The molecule has 1 aliphatic heterocycles. The first kappa shape index (κ1) is 7.38. The standard InChI is InChI=1S/C7H13NO2/c1-2-9-7-8-5-3-4-6-10-7/h2-6H2,1H3. The van der Waals surface area contributed by atoms with Gasteiger partial charge in [0.1, 0.15) is 0 Å². The van der Waals surface area contributed by atoms with Crippen LogP contribution in [0.15, 0.2) is 4.99 Å². The summed E-state index contributed by atoms with van der Waals surface area (Å²) in [5.74, 6) is 0. The van der Waals surface area contributed by atoms with E-state index in [9.17, 15) is 0 Å². The van der Waals surface area contributed by atoms with Gasteiger partial charge in [-0.15, -0.1) is 0 Å². The molecular weight excluding hydrogens is 130 g/mol. The van der Waals surface area contributed by atoms with Crippen molar-refractivity contribution in [2.75, 3.05) is 19.8 Å². The zero-order valence-electron chi connectivity index (χ0n) is 6.30. The number of hydrogen-bond acceptors (Lipinski definition) is 3. The summed E-state index contributed by atoms with van der Waals surface area (Å²) in [6.07, 6.45) is 2.66. The van der Waals surface area contributed by atoms with Crippen molar-refractivity contribution >= 4 is 6.08 Å². The number of ether oxygens (including phenoxy) is 2. The van der Waals surface area contributed by atoms with Crippen molar-refractivity contribution in [3.8, 4) is 0 Å². The fraction of sp³-hybridized carbons (Fsp3) is 0.857. The lowest BCUT2D eigenvalue weighted by Gasteiger charge is -2.04. The van der Waals surface area contributed by atoms with Gasteiger partial charge in [0.25, 0.3) is 0 Å². The highest BCUT2D eigenvalue weighted by Gasteiger charge is 2.03. The van der Waals surface area contributed by atoms with Gasteiger partial charge in [-0.3, -0.25) is 0 Å². The predicted octanol–water partition coefficient (Wildman–Crippen LogP) is 1.19. The number of aliphatic imine (C=N–C) groups is 1. The Morgan fingerprint density at radius 3 is 3.30 bits per heavy atom. The average molecular weight is 143 g/mol. The number of rotatable bonds is 1. The van der Waals surface area contributed by atoms with Crippen molar-refractivity contribution in [3.63, 3.8) is 0 Å².